The molecule has 0 aliphatic carbocycles. The van der Waals surface area contributed by atoms with Gasteiger partial charge in [0.05, 0.1) is 0 Å². The van der Waals surface area contributed by atoms with Crippen LogP contribution in [0.1, 0.15) is 25.3 Å². The number of hydrogen-bond donors (Lipinski definition) is 0. The average Bonchev–Trinajstić information content (AvgIpc) is 2.58. The number of nitrogens with zero attached hydrogens (tertiary/aromatic N) is 1. The summed E-state index contributed by atoms with van der Waals surface area (Å²) in [7, 11) is 0. The molecule has 64 valence electrons. The Bertz CT molecular complexity index is 274. The van der Waals surface area contributed by atoms with Crippen LogP contribution in [0, 0.1) is 5.92 Å². The van der Waals surface area contributed by atoms with Gasteiger partial charge in [-0.1, -0.05) is 6.92 Å². The zero-order chi connectivity index (χ0) is 8.39. The van der Waals surface area contributed by atoms with E-state index in [1.54, 1.807) is 11.3 Å². The zero-order valence-corrected chi connectivity index (χ0v) is 8.10. The van der Waals surface area contributed by atoms with E-state index in [9.17, 15) is 0 Å². The standard InChI is InChI=1S/C10H13NS/c1-8-2-3-10(11-6-8)9-4-5-12-7-9/h4-5,7-8H,2-3,6H2,1H3/t8-/m0/s1. The highest BCUT2D eigenvalue weighted by Gasteiger charge is 2.12. The van der Waals surface area contributed by atoms with Gasteiger partial charge in [0.25, 0.3) is 0 Å². The van der Waals surface area contributed by atoms with Crippen molar-refractivity contribution in [1.82, 2.24) is 0 Å². The average molecular weight is 179 g/mol. The Balaban J connectivity index is 2.16. The molecule has 2 heteroatoms. The molecule has 0 N–H and O–H groups in total. The molecule has 1 atom stereocenters. The molecule has 2 heterocycles. The molecule has 0 spiro atoms. The smallest absolute Gasteiger partial charge is 0.0429 e. The molecular formula is C10H13NS. The van der Waals surface area contributed by atoms with Crippen molar-refractivity contribution in [3.63, 3.8) is 0 Å². The van der Waals surface area contributed by atoms with E-state index in [-0.39, 0.29) is 0 Å². The summed E-state index contributed by atoms with van der Waals surface area (Å²) in [4.78, 5) is 4.58. The van der Waals surface area contributed by atoms with Crippen molar-refractivity contribution in [2.75, 3.05) is 6.54 Å². The molecule has 1 aliphatic heterocycles. The van der Waals surface area contributed by atoms with Gasteiger partial charge in [-0.25, -0.2) is 0 Å². The van der Waals surface area contributed by atoms with Crippen LogP contribution in [-0.4, -0.2) is 12.3 Å². The first-order chi connectivity index (χ1) is 5.86. The molecule has 0 unspecified atom stereocenters. The fourth-order valence-electron chi connectivity index (χ4n) is 1.48. The number of hydrogen-bond acceptors (Lipinski definition) is 2. The second-order valence-corrected chi connectivity index (χ2v) is 4.22. The van der Waals surface area contributed by atoms with Gasteiger partial charge in [0.15, 0.2) is 0 Å². The van der Waals surface area contributed by atoms with Gasteiger partial charge in [0, 0.05) is 17.8 Å². The quantitative estimate of drug-likeness (QED) is 0.628. The molecule has 1 nitrogen and oxygen atoms in total. The van der Waals surface area contributed by atoms with Gasteiger partial charge < -0.3 is 0 Å². The Labute approximate surface area is 77.2 Å². The van der Waals surface area contributed by atoms with E-state index in [0.29, 0.717) is 0 Å². The highest BCUT2D eigenvalue weighted by molar-refractivity contribution is 7.08. The van der Waals surface area contributed by atoms with E-state index < -0.39 is 0 Å². The minimum absolute atomic E-state index is 0.785. The number of thiophene rings is 1. The molecule has 0 saturated heterocycles. The van der Waals surface area contributed by atoms with Gasteiger partial charge in [-0.2, -0.15) is 11.3 Å². The highest BCUT2D eigenvalue weighted by atomic mass is 32.1. The molecule has 1 aromatic rings. The number of rotatable bonds is 1. The molecular weight excluding hydrogens is 166 g/mol. The van der Waals surface area contributed by atoms with E-state index >= 15 is 0 Å². The third kappa shape index (κ3) is 1.58. The molecule has 0 fully saturated rings. The van der Waals surface area contributed by atoms with Crippen molar-refractivity contribution in [2.24, 2.45) is 10.9 Å². The number of aliphatic imine (C=N–C) groups is 1. The largest absolute Gasteiger partial charge is 0.289 e. The molecule has 0 saturated carbocycles. The lowest BCUT2D eigenvalue weighted by Crippen LogP contribution is -2.13. The summed E-state index contributed by atoms with van der Waals surface area (Å²) in [6.07, 6.45) is 2.46. The van der Waals surface area contributed by atoms with Crippen LogP contribution in [0.25, 0.3) is 0 Å². The Morgan fingerprint density at radius 1 is 1.58 bits per heavy atom. The van der Waals surface area contributed by atoms with Gasteiger partial charge in [-0.05, 0) is 35.6 Å². The maximum atomic E-state index is 4.58. The summed E-state index contributed by atoms with van der Waals surface area (Å²) in [5.41, 5.74) is 2.65. The van der Waals surface area contributed by atoms with Crippen molar-refractivity contribution in [3.8, 4) is 0 Å². The first-order valence-electron chi connectivity index (χ1n) is 4.42. The molecule has 0 radical (unpaired) electrons. The fourth-order valence-corrected chi connectivity index (χ4v) is 2.15. The van der Waals surface area contributed by atoms with E-state index in [1.165, 1.54) is 17.7 Å². The topological polar surface area (TPSA) is 12.4 Å². The van der Waals surface area contributed by atoms with Crippen molar-refractivity contribution in [2.45, 2.75) is 19.8 Å². The highest BCUT2D eigenvalue weighted by Crippen LogP contribution is 2.18. The summed E-state index contributed by atoms with van der Waals surface area (Å²) in [6, 6.07) is 2.17. The SMILES string of the molecule is C[C@H]1CCC(c2ccsc2)=NC1. The summed E-state index contributed by atoms with van der Waals surface area (Å²) < 4.78 is 0. The maximum Gasteiger partial charge on any atom is 0.0429 e. The minimum Gasteiger partial charge on any atom is -0.289 e. The van der Waals surface area contributed by atoms with Gasteiger partial charge in [-0.15, -0.1) is 0 Å². The lowest BCUT2D eigenvalue weighted by atomic mass is 9.97. The van der Waals surface area contributed by atoms with Crippen LogP contribution in [0.2, 0.25) is 0 Å². The Kier molecular flexibility index (Phi) is 2.26. The monoisotopic (exact) mass is 179 g/mol. The second-order valence-electron chi connectivity index (χ2n) is 3.44. The lowest BCUT2D eigenvalue weighted by Gasteiger charge is -2.16. The fraction of sp³-hybridized carbons (Fsp3) is 0.500. The molecule has 12 heavy (non-hydrogen) atoms. The van der Waals surface area contributed by atoms with Crippen molar-refractivity contribution in [3.05, 3.63) is 22.4 Å². The minimum atomic E-state index is 0.785. The van der Waals surface area contributed by atoms with Crippen LogP contribution in [0.4, 0.5) is 0 Å². The first-order valence-corrected chi connectivity index (χ1v) is 5.36. The molecule has 0 amide bonds. The normalized spacial score (nSPS) is 23.8. The Morgan fingerprint density at radius 3 is 3.08 bits per heavy atom. The van der Waals surface area contributed by atoms with Crippen LogP contribution in [-0.2, 0) is 0 Å². The molecule has 1 aromatic heterocycles. The van der Waals surface area contributed by atoms with Gasteiger partial charge >= 0.3 is 0 Å². The first kappa shape index (κ1) is 7.99. The van der Waals surface area contributed by atoms with Crippen LogP contribution in [0.3, 0.4) is 0 Å². The van der Waals surface area contributed by atoms with Crippen LogP contribution >= 0.6 is 11.3 Å². The predicted molar refractivity (Wildman–Crippen MR) is 54.1 cm³/mol. The third-order valence-corrected chi connectivity index (χ3v) is 3.01. The maximum absolute atomic E-state index is 4.58. The van der Waals surface area contributed by atoms with E-state index in [0.717, 1.165) is 18.9 Å². The van der Waals surface area contributed by atoms with Crippen LogP contribution < -0.4 is 0 Å². The van der Waals surface area contributed by atoms with Gasteiger partial charge in [-0.3, -0.25) is 4.99 Å². The lowest BCUT2D eigenvalue weighted by molar-refractivity contribution is 0.538. The van der Waals surface area contributed by atoms with E-state index in [4.69, 9.17) is 0 Å². The van der Waals surface area contributed by atoms with Crippen LogP contribution in [0.15, 0.2) is 21.8 Å². The molecule has 0 bridgehead atoms. The van der Waals surface area contributed by atoms with Gasteiger partial charge in [0.2, 0.25) is 0 Å². The predicted octanol–water partition coefficient (Wildman–Crippen LogP) is 2.97. The second kappa shape index (κ2) is 3.40. The Morgan fingerprint density at radius 2 is 2.50 bits per heavy atom. The molecule has 1 aliphatic rings. The summed E-state index contributed by atoms with van der Waals surface area (Å²) >= 11 is 1.75. The van der Waals surface area contributed by atoms with Crippen molar-refractivity contribution >= 4 is 17.0 Å². The summed E-state index contributed by atoms with van der Waals surface area (Å²) in [5.74, 6) is 0.785. The third-order valence-electron chi connectivity index (χ3n) is 2.32. The summed E-state index contributed by atoms with van der Waals surface area (Å²) in [5, 5.41) is 4.31. The summed E-state index contributed by atoms with van der Waals surface area (Å²) in [6.45, 7) is 3.29. The molecule has 2 rings (SSSR count). The van der Waals surface area contributed by atoms with Crippen molar-refractivity contribution < 1.29 is 0 Å². The van der Waals surface area contributed by atoms with Crippen molar-refractivity contribution in [1.29, 1.82) is 0 Å². The van der Waals surface area contributed by atoms with Gasteiger partial charge in [0.1, 0.15) is 0 Å². The van der Waals surface area contributed by atoms with Crippen LogP contribution in [0.5, 0.6) is 0 Å². The Hall–Kier alpha value is -0.630. The van der Waals surface area contributed by atoms with E-state index in [2.05, 4.69) is 28.7 Å². The zero-order valence-electron chi connectivity index (χ0n) is 7.29. The van der Waals surface area contributed by atoms with E-state index in [1.807, 2.05) is 0 Å². The molecule has 0 aromatic carbocycles.